The molecule has 18 heavy (non-hydrogen) atoms. The van der Waals surface area contributed by atoms with Crippen molar-refractivity contribution in [2.24, 2.45) is 11.7 Å². The van der Waals surface area contributed by atoms with Gasteiger partial charge in [-0.1, -0.05) is 26.1 Å². The third-order valence-corrected chi connectivity index (χ3v) is 3.92. The molecule has 1 aromatic carbocycles. The van der Waals surface area contributed by atoms with Gasteiger partial charge in [0.15, 0.2) is 0 Å². The van der Waals surface area contributed by atoms with E-state index in [9.17, 15) is 12.8 Å². The quantitative estimate of drug-likeness (QED) is 0.812. The van der Waals surface area contributed by atoms with Gasteiger partial charge in [0.05, 0.1) is 11.4 Å². The number of sulfonamides is 1. The highest BCUT2D eigenvalue weighted by atomic mass is 32.2. The van der Waals surface area contributed by atoms with Crippen molar-refractivity contribution in [2.45, 2.75) is 13.8 Å². The molecule has 0 aliphatic heterocycles. The van der Waals surface area contributed by atoms with Gasteiger partial charge in [0, 0.05) is 5.56 Å². The van der Waals surface area contributed by atoms with Crippen molar-refractivity contribution in [3.63, 3.8) is 0 Å². The minimum Gasteiger partial charge on any atom is -0.389 e. The van der Waals surface area contributed by atoms with Gasteiger partial charge in [-0.15, -0.1) is 0 Å². The Bertz CT molecular complexity index is 556. The maximum Gasteiger partial charge on any atom is 0.232 e. The molecule has 0 fully saturated rings. The normalized spacial score (nSPS) is 11.6. The summed E-state index contributed by atoms with van der Waals surface area (Å²) < 4.78 is 39.0. The molecule has 0 bridgehead atoms. The summed E-state index contributed by atoms with van der Waals surface area (Å²) in [4.78, 5) is -0.0586. The molecule has 0 atom stereocenters. The monoisotopic (exact) mass is 290 g/mol. The zero-order valence-corrected chi connectivity index (χ0v) is 11.7. The molecule has 100 valence electrons. The van der Waals surface area contributed by atoms with Gasteiger partial charge in [0.25, 0.3) is 0 Å². The Morgan fingerprint density at radius 3 is 2.61 bits per heavy atom. The number of nitrogens with one attached hydrogen (secondary N) is 1. The molecule has 1 rings (SSSR count). The fourth-order valence-corrected chi connectivity index (χ4v) is 3.10. The fourth-order valence-electron chi connectivity index (χ4n) is 1.46. The molecule has 0 radical (unpaired) electrons. The van der Waals surface area contributed by atoms with Crippen molar-refractivity contribution in [1.29, 1.82) is 0 Å². The standard InChI is InChI=1S/C11H15FN2O2S2/c1-7(2)6-18(15,16)14-10-4-3-8(12)5-9(10)11(13)17/h3-5,7,14H,6H2,1-2H3,(H2,13,17). The summed E-state index contributed by atoms with van der Waals surface area (Å²) in [5.41, 5.74) is 5.81. The van der Waals surface area contributed by atoms with Crippen molar-refractivity contribution >= 4 is 32.9 Å². The van der Waals surface area contributed by atoms with Crippen LogP contribution < -0.4 is 10.5 Å². The summed E-state index contributed by atoms with van der Waals surface area (Å²) in [5, 5.41) is 0. The first-order chi connectivity index (χ1) is 8.21. The molecule has 7 heteroatoms. The topological polar surface area (TPSA) is 72.2 Å². The van der Waals surface area contributed by atoms with Crippen molar-refractivity contribution in [3.05, 3.63) is 29.6 Å². The molecule has 0 aliphatic rings. The number of hydrogen-bond donors (Lipinski definition) is 2. The second-order valence-corrected chi connectivity index (χ2v) is 6.54. The number of rotatable bonds is 5. The smallest absolute Gasteiger partial charge is 0.232 e. The Morgan fingerprint density at radius 2 is 2.11 bits per heavy atom. The van der Waals surface area contributed by atoms with Crippen LogP contribution in [0.4, 0.5) is 10.1 Å². The van der Waals surface area contributed by atoms with E-state index in [1.807, 2.05) is 0 Å². The second-order valence-electron chi connectivity index (χ2n) is 4.33. The fraction of sp³-hybridized carbons (Fsp3) is 0.364. The highest BCUT2D eigenvalue weighted by Gasteiger charge is 2.16. The summed E-state index contributed by atoms with van der Waals surface area (Å²) in [6, 6.07) is 3.56. The van der Waals surface area contributed by atoms with E-state index >= 15 is 0 Å². The van der Waals surface area contributed by atoms with Crippen LogP contribution >= 0.6 is 12.2 Å². The maximum absolute atomic E-state index is 13.1. The zero-order valence-electron chi connectivity index (χ0n) is 10.1. The molecule has 0 aromatic heterocycles. The second kappa shape index (κ2) is 5.62. The Kier molecular flexibility index (Phi) is 4.64. The number of nitrogens with two attached hydrogens (primary N) is 1. The Labute approximate surface area is 111 Å². The van der Waals surface area contributed by atoms with Crippen molar-refractivity contribution < 1.29 is 12.8 Å². The van der Waals surface area contributed by atoms with Gasteiger partial charge in [-0.3, -0.25) is 4.72 Å². The minimum absolute atomic E-state index is 0.0174. The van der Waals surface area contributed by atoms with Crippen LogP contribution in [0.2, 0.25) is 0 Å². The van der Waals surface area contributed by atoms with Gasteiger partial charge in [-0.25, -0.2) is 12.8 Å². The van der Waals surface area contributed by atoms with Crippen LogP contribution in [0.25, 0.3) is 0 Å². The van der Waals surface area contributed by atoms with E-state index in [4.69, 9.17) is 18.0 Å². The lowest BCUT2D eigenvalue weighted by atomic mass is 10.2. The largest absolute Gasteiger partial charge is 0.389 e. The Hall–Kier alpha value is -1.21. The van der Waals surface area contributed by atoms with Crippen LogP contribution in [0.1, 0.15) is 19.4 Å². The number of hydrogen-bond acceptors (Lipinski definition) is 3. The van der Waals surface area contributed by atoms with Gasteiger partial charge < -0.3 is 5.73 Å². The van der Waals surface area contributed by atoms with Gasteiger partial charge in [0.1, 0.15) is 10.8 Å². The molecule has 0 saturated heterocycles. The highest BCUT2D eigenvalue weighted by Crippen LogP contribution is 2.19. The van der Waals surface area contributed by atoms with Crippen LogP contribution in [0.15, 0.2) is 18.2 Å². The summed E-state index contributed by atoms with van der Waals surface area (Å²) in [6.07, 6.45) is 0. The van der Waals surface area contributed by atoms with Gasteiger partial charge >= 0.3 is 0 Å². The summed E-state index contributed by atoms with van der Waals surface area (Å²) in [5.74, 6) is -0.568. The molecule has 1 aromatic rings. The lowest BCUT2D eigenvalue weighted by Crippen LogP contribution is -2.22. The highest BCUT2D eigenvalue weighted by molar-refractivity contribution is 7.92. The average Bonchev–Trinajstić information content (AvgIpc) is 2.18. The maximum atomic E-state index is 13.1. The van der Waals surface area contributed by atoms with Crippen LogP contribution in [-0.2, 0) is 10.0 Å². The molecule has 3 N–H and O–H groups in total. The van der Waals surface area contributed by atoms with E-state index < -0.39 is 15.8 Å². The predicted octanol–water partition coefficient (Wildman–Crippen LogP) is 1.86. The minimum atomic E-state index is -3.49. The van der Waals surface area contributed by atoms with Gasteiger partial charge in [-0.2, -0.15) is 0 Å². The molecule has 0 amide bonds. The first kappa shape index (κ1) is 14.8. The number of halogens is 1. The van der Waals surface area contributed by atoms with Crippen LogP contribution in [0.5, 0.6) is 0 Å². The van der Waals surface area contributed by atoms with E-state index in [0.29, 0.717) is 0 Å². The summed E-state index contributed by atoms with van der Waals surface area (Å²) in [7, 11) is -3.49. The number of benzene rings is 1. The zero-order chi connectivity index (χ0) is 13.9. The van der Waals surface area contributed by atoms with Crippen LogP contribution in [-0.4, -0.2) is 19.2 Å². The SMILES string of the molecule is CC(C)CS(=O)(=O)Nc1ccc(F)cc1C(N)=S. The van der Waals surface area contributed by atoms with Gasteiger partial charge in [0.2, 0.25) is 10.0 Å². The van der Waals surface area contributed by atoms with Crippen molar-refractivity contribution in [3.8, 4) is 0 Å². The predicted molar refractivity (Wildman–Crippen MR) is 74.5 cm³/mol. The summed E-state index contributed by atoms with van der Waals surface area (Å²) >= 11 is 4.76. The Morgan fingerprint density at radius 1 is 1.50 bits per heavy atom. The lowest BCUT2D eigenvalue weighted by molar-refractivity contribution is 0.587. The van der Waals surface area contributed by atoms with Crippen LogP contribution in [0, 0.1) is 11.7 Å². The van der Waals surface area contributed by atoms with Crippen molar-refractivity contribution in [2.75, 3.05) is 10.5 Å². The average molecular weight is 290 g/mol. The molecular weight excluding hydrogens is 275 g/mol. The third kappa shape index (κ3) is 4.23. The number of anilines is 1. The van der Waals surface area contributed by atoms with Crippen LogP contribution in [0.3, 0.4) is 0 Å². The number of thiocarbonyl (C=S) groups is 1. The third-order valence-electron chi connectivity index (χ3n) is 2.07. The Balaban J connectivity index is 3.08. The summed E-state index contributed by atoms with van der Waals surface area (Å²) in [6.45, 7) is 3.58. The first-order valence-electron chi connectivity index (χ1n) is 5.31. The van der Waals surface area contributed by atoms with E-state index in [1.165, 1.54) is 6.07 Å². The van der Waals surface area contributed by atoms with E-state index in [2.05, 4.69) is 4.72 Å². The molecular formula is C11H15FN2O2S2. The molecule has 0 unspecified atom stereocenters. The van der Waals surface area contributed by atoms with Crippen molar-refractivity contribution in [1.82, 2.24) is 0 Å². The molecule has 0 saturated carbocycles. The van der Waals surface area contributed by atoms with E-state index in [0.717, 1.165) is 12.1 Å². The van der Waals surface area contributed by atoms with E-state index in [1.54, 1.807) is 13.8 Å². The molecule has 4 nitrogen and oxygen atoms in total. The molecule has 0 spiro atoms. The first-order valence-corrected chi connectivity index (χ1v) is 7.37. The van der Waals surface area contributed by atoms with Gasteiger partial charge in [-0.05, 0) is 24.1 Å². The van der Waals surface area contributed by atoms with E-state index in [-0.39, 0.29) is 27.9 Å². The lowest BCUT2D eigenvalue weighted by Gasteiger charge is -2.13. The molecule has 0 heterocycles. The molecule has 0 aliphatic carbocycles.